The number of carbonyl (C=O) groups excluding carboxylic acids is 1. The van der Waals surface area contributed by atoms with E-state index in [1.54, 1.807) is 30.3 Å². The Morgan fingerprint density at radius 3 is 2.62 bits per heavy atom. The SMILES string of the molecule is COC(=O)c1ccnc(Oc2ccc(NC(N)=S)cc2)c1. The molecule has 7 heteroatoms. The van der Waals surface area contributed by atoms with Gasteiger partial charge in [-0.3, -0.25) is 0 Å². The van der Waals surface area contributed by atoms with E-state index in [0.717, 1.165) is 5.69 Å². The Bertz CT molecular complexity index is 659. The lowest BCUT2D eigenvalue weighted by Crippen LogP contribution is -2.18. The quantitative estimate of drug-likeness (QED) is 0.662. The van der Waals surface area contributed by atoms with Crippen molar-refractivity contribution in [3.8, 4) is 11.6 Å². The number of aromatic nitrogens is 1. The number of anilines is 1. The lowest BCUT2D eigenvalue weighted by atomic mass is 10.2. The Balaban J connectivity index is 2.11. The molecule has 1 aromatic heterocycles. The summed E-state index contributed by atoms with van der Waals surface area (Å²) in [6, 6.07) is 10.0. The number of esters is 1. The lowest BCUT2D eigenvalue weighted by Gasteiger charge is -2.07. The van der Waals surface area contributed by atoms with Crippen molar-refractivity contribution in [3.63, 3.8) is 0 Å². The van der Waals surface area contributed by atoms with Gasteiger partial charge < -0.3 is 20.5 Å². The number of hydrogen-bond donors (Lipinski definition) is 2. The van der Waals surface area contributed by atoms with Crippen molar-refractivity contribution in [1.82, 2.24) is 4.98 Å². The van der Waals surface area contributed by atoms with E-state index in [0.29, 0.717) is 17.2 Å². The number of hydrogen-bond acceptors (Lipinski definition) is 5. The minimum absolute atomic E-state index is 0.191. The fraction of sp³-hybridized carbons (Fsp3) is 0.0714. The molecule has 0 bridgehead atoms. The molecule has 0 saturated carbocycles. The highest BCUT2D eigenvalue weighted by Crippen LogP contribution is 2.22. The molecule has 0 unspecified atom stereocenters. The number of rotatable bonds is 4. The van der Waals surface area contributed by atoms with E-state index in [4.69, 9.17) is 22.7 Å². The molecule has 0 aliphatic carbocycles. The Hall–Kier alpha value is -2.67. The van der Waals surface area contributed by atoms with Crippen LogP contribution in [-0.2, 0) is 4.74 Å². The third-order valence-corrected chi connectivity index (χ3v) is 2.60. The van der Waals surface area contributed by atoms with Crippen molar-refractivity contribution in [2.45, 2.75) is 0 Å². The molecule has 0 fully saturated rings. The van der Waals surface area contributed by atoms with Crippen LogP contribution in [0.3, 0.4) is 0 Å². The van der Waals surface area contributed by atoms with E-state index in [2.05, 4.69) is 15.0 Å². The molecule has 21 heavy (non-hydrogen) atoms. The Labute approximate surface area is 126 Å². The van der Waals surface area contributed by atoms with Gasteiger partial charge in [-0.1, -0.05) is 0 Å². The van der Waals surface area contributed by atoms with Crippen LogP contribution in [0.5, 0.6) is 11.6 Å². The molecule has 0 aliphatic rings. The molecule has 6 nitrogen and oxygen atoms in total. The average molecular weight is 303 g/mol. The minimum Gasteiger partial charge on any atom is -0.465 e. The van der Waals surface area contributed by atoms with E-state index in [-0.39, 0.29) is 5.11 Å². The van der Waals surface area contributed by atoms with Gasteiger partial charge >= 0.3 is 5.97 Å². The van der Waals surface area contributed by atoms with E-state index >= 15 is 0 Å². The summed E-state index contributed by atoms with van der Waals surface area (Å²) in [4.78, 5) is 15.5. The number of thiocarbonyl (C=S) groups is 1. The van der Waals surface area contributed by atoms with E-state index in [1.807, 2.05) is 0 Å². The number of nitrogens with two attached hydrogens (primary N) is 1. The standard InChI is InChI=1S/C14H13N3O3S/c1-19-13(18)9-6-7-16-12(8-9)20-11-4-2-10(3-5-11)17-14(15)21/h2-8H,1H3,(H3,15,17,21). The number of ether oxygens (including phenoxy) is 2. The number of nitrogens with zero attached hydrogens (tertiary/aromatic N) is 1. The number of benzene rings is 1. The molecule has 0 saturated heterocycles. The van der Waals surface area contributed by atoms with Gasteiger partial charge in [-0.15, -0.1) is 0 Å². The summed E-state index contributed by atoms with van der Waals surface area (Å²) in [6.45, 7) is 0. The summed E-state index contributed by atoms with van der Waals surface area (Å²) in [5.41, 5.74) is 6.50. The highest BCUT2D eigenvalue weighted by molar-refractivity contribution is 7.80. The van der Waals surface area contributed by atoms with E-state index in [9.17, 15) is 4.79 Å². The molecular formula is C14H13N3O3S. The smallest absolute Gasteiger partial charge is 0.338 e. The van der Waals surface area contributed by atoms with Crippen LogP contribution in [0.2, 0.25) is 0 Å². The van der Waals surface area contributed by atoms with Crippen LogP contribution in [0, 0.1) is 0 Å². The number of carbonyl (C=O) groups is 1. The van der Waals surface area contributed by atoms with Gasteiger partial charge in [0, 0.05) is 18.0 Å². The van der Waals surface area contributed by atoms with Gasteiger partial charge in [0.05, 0.1) is 12.7 Å². The largest absolute Gasteiger partial charge is 0.465 e. The normalized spacial score (nSPS) is 9.76. The summed E-state index contributed by atoms with van der Waals surface area (Å²) in [6.07, 6.45) is 1.48. The van der Waals surface area contributed by atoms with Crippen LogP contribution in [0.4, 0.5) is 5.69 Å². The summed E-state index contributed by atoms with van der Waals surface area (Å²) >= 11 is 4.75. The second kappa shape index (κ2) is 6.67. The van der Waals surface area contributed by atoms with Crippen LogP contribution < -0.4 is 15.8 Å². The van der Waals surface area contributed by atoms with Crippen molar-refractivity contribution < 1.29 is 14.3 Å². The highest BCUT2D eigenvalue weighted by atomic mass is 32.1. The first-order valence-corrected chi connectivity index (χ1v) is 6.38. The molecule has 108 valence electrons. The van der Waals surface area contributed by atoms with Crippen molar-refractivity contribution in [3.05, 3.63) is 48.2 Å². The zero-order valence-corrected chi connectivity index (χ0v) is 12.0. The summed E-state index contributed by atoms with van der Waals surface area (Å²) < 4.78 is 10.2. The topological polar surface area (TPSA) is 86.5 Å². The average Bonchev–Trinajstić information content (AvgIpc) is 2.48. The minimum atomic E-state index is -0.446. The molecule has 1 aromatic carbocycles. The zero-order valence-electron chi connectivity index (χ0n) is 11.2. The monoisotopic (exact) mass is 303 g/mol. The van der Waals surface area contributed by atoms with Crippen molar-refractivity contribution >= 4 is 29.0 Å². The number of methoxy groups -OCH3 is 1. The van der Waals surface area contributed by atoms with Crippen LogP contribution in [-0.4, -0.2) is 23.2 Å². The maximum atomic E-state index is 11.4. The van der Waals surface area contributed by atoms with Crippen LogP contribution in [0.15, 0.2) is 42.6 Å². The molecule has 2 aromatic rings. The van der Waals surface area contributed by atoms with Crippen molar-refractivity contribution in [2.24, 2.45) is 5.73 Å². The lowest BCUT2D eigenvalue weighted by molar-refractivity contribution is 0.0600. The van der Waals surface area contributed by atoms with Crippen LogP contribution >= 0.6 is 12.2 Å². The fourth-order valence-corrected chi connectivity index (χ4v) is 1.70. The first-order chi connectivity index (χ1) is 10.1. The summed E-state index contributed by atoms with van der Waals surface area (Å²) in [5, 5.41) is 3.00. The van der Waals surface area contributed by atoms with Crippen LogP contribution in [0.1, 0.15) is 10.4 Å². The van der Waals surface area contributed by atoms with Gasteiger partial charge in [-0.2, -0.15) is 0 Å². The van der Waals surface area contributed by atoms with Gasteiger partial charge in [0.2, 0.25) is 5.88 Å². The maximum absolute atomic E-state index is 11.4. The van der Waals surface area contributed by atoms with Crippen molar-refractivity contribution in [1.29, 1.82) is 0 Å². The molecular weight excluding hydrogens is 290 g/mol. The molecule has 0 atom stereocenters. The third-order valence-electron chi connectivity index (χ3n) is 2.50. The molecule has 2 rings (SSSR count). The Morgan fingerprint density at radius 1 is 1.29 bits per heavy atom. The van der Waals surface area contributed by atoms with Gasteiger partial charge in [0.15, 0.2) is 5.11 Å². The summed E-state index contributed by atoms with van der Waals surface area (Å²) in [5.74, 6) is 0.421. The van der Waals surface area contributed by atoms with Gasteiger partial charge in [-0.25, -0.2) is 9.78 Å². The predicted octanol–water partition coefficient (Wildman–Crippen LogP) is 2.32. The van der Waals surface area contributed by atoms with Crippen molar-refractivity contribution in [2.75, 3.05) is 12.4 Å². The molecule has 0 aliphatic heterocycles. The van der Waals surface area contributed by atoms with Gasteiger partial charge in [-0.05, 0) is 42.5 Å². The molecule has 0 spiro atoms. The molecule has 3 N–H and O–H groups in total. The first kappa shape index (κ1) is 14.7. The number of nitrogens with one attached hydrogen (secondary N) is 1. The fourth-order valence-electron chi connectivity index (χ4n) is 1.58. The Morgan fingerprint density at radius 2 is 2.00 bits per heavy atom. The third kappa shape index (κ3) is 4.15. The first-order valence-electron chi connectivity index (χ1n) is 5.97. The Kier molecular flexibility index (Phi) is 4.68. The highest BCUT2D eigenvalue weighted by Gasteiger charge is 2.07. The molecule has 0 radical (unpaired) electrons. The second-order valence-electron chi connectivity index (χ2n) is 3.99. The van der Waals surface area contributed by atoms with Crippen LogP contribution in [0.25, 0.3) is 0 Å². The maximum Gasteiger partial charge on any atom is 0.338 e. The number of pyridine rings is 1. The van der Waals surface area contributed by atoms with E-state index in [1.165, 1.54) is 19.4 Å². The summed E-state index contributed by atoms with van der Waals surface area (Å²) in [7, 11) is 1.32. The molecule has 1 heterocycles. The van der Waals surface area contributed by atoms with Gasteiger partial charge in [0.1, 0.15) is 5.75 Å². The predicted molar refractivity (Wildman–Crippen MR) is 82.5 cm³/mol. The van der Waals surface area contributed by atoms with Gasteiger partial charge in [0.25, 0.3) is 0 Å². The zero-order chi connectivity index (χ0) is 15.2. The molecule has 0 amide bonds. The van der Waals surface area contributed by atoms with E-state index < -0.39 is 5.97 Å². The second-order valence-corrected chi connectivity index (χ2v) is 4.43.